The molecule has 0 aliphatic carbocycles. The van der Waals surface area contributed by atoms with Gasteiger partial charge >= 0.3 is 7.12 Å². The van der Waals surface area contributed by atoms with Gasteiger partial charge in [0.25, 0.3) is 0 Å². The topological polar surface area (TPSA) is 36.9 Å². The van der Waals surface area contributed by atoms with E-state index in [1.165, 1.54) is 6.07 Å². The highest BCUT2D eigenvalue weighted by atomic mass is 19.1. The van der Waals surface area contributed by atoms with Crippen LogP contribution in [0.4, 0.5) is 4.39 Å². The summed E-state index contributed by atoms with van der Waals surface area (Å²) in [7, 11) is 0.985. The highest BCUT2D eigenvalue weighted by Gasteiger charge is 2.51. The first-order valence-electron chi connectivity index (χ1n) is 8.19. The minimum Gasteiger partial charge on any atom is -0.497 e. The van der Waals surface area contributed by atoms with E-state index in [-0.39, 0.29) is 5.75 Å². The van der Waals surface area contributed by atoms with Crippen molar-refractivity contribution >= 4 is 12.6 Å². The van der Waals surface area contributed by atoms with Crippen LogP contribution in [0.5, 0.6) is 17.2 Å². The highest BCUT2D eigenvalue weighted by Crippen LogP contribution is 2.36. The molecule has 0 amide bonds. The molecule has 0 N–H and O–H groups in total. The Morgan fingerprint density at radius 3 is 1.96 bits per heavy atom. The molecule has 6 heteroatoms. The van der Waals surface area contributed by atoms with Crippen molar-refractivity contribution in [1.82, 2.24) is 0 Å². The lowest BCUT2D eigenvalue weighted by molar-refractivity contribution is 0.00578. The van der Waals surface area contributed by atoms with Crippen LogP contribution in [0, 0.1) is 5.82 Å². The van der Waals surface area contributed by atoms with Crippen LogP contribution in [0.3, 0.4) is 0 Å². The molecule has 1 saturated heterocycles. The van der Waals surface area contributed by atoms with Crippen LogP contribution >= 0.6 is 0 Å². The molecule has 0 radical (unpaired) electrons. The summed E-state index contributed by atoms with van der Waals surface area (Å²) in [6.07, 6.45) is 0. The van der Waals surface area contributed by atoms with E-state index in [0.717, 1.165) is 0 Å². The van der Waals surface area contributed by atoms with Crippen molar-refractivity contribution in [2.75, 3.05) is 7.11 Å². The number of hydrogen-bond acceptors (Lipinski definition) is 4. The normalized spacial score (nSPS) is 18.2. The minimum atomic E-state index is -0.602. The van der Waals surface area contributed by atoms with Gasteiger partial charge in [0.1, 0.15) is 11.5 Å². The Balaban J connectivity index is 1.77. The summed E-state index contributed by atoms with van der Waals surface area (Å²) in [5.74, 6) is 0.917. The monoisotopic (exact) mass is 344 g/mol. The average molecular weight is 344 g/mol. The van der Waals surface area contributed by atoms with Crippen molar-refractivity contribution in [3.05, 3.63) is 48.3 Å². The predicted octanol–water partition coefficient (Wildman–Crippen LogP) is 3.93. The van der Waals surface area contributed by atoms with Crippen LogP contribution in [0.1, 0.15) is 27.7 Å². The second kappa shape index (κ2) is 6.35. The van der Waals surface area contributed by atoms with E-state index < -0.39 is 24.1 Å². The zero-order valence-corrected chi connectivity index (χ0v) is 15.1. The van der Waals surface area contributed by atoms with Gasteiger partial charge in [-0.2, -0.15) is 0 Å². The number of rotatable bonds is 4. The third kappa shape index (κ3) is 3.50. The fraction of sp³-hybridized carbons (Fsp3) is 0.368. The fourth-order valence-corrected chi connectivity index (χ4v) is 2.50. The maximum Gasteiger partial charge on any atom is 0.494 e. The van der Waals surface area contributed by atoms with E-state index in [4.69, 9.17) is 18.8 Å². The molecule has 0 unspecified atom stereocenters. The van der Waals surface area contributed by atoms with Crippen LogP contribution in [0.2, 0.25) is 0 Å². The molecular weight excluding hydrogens is 322 g/mol. The van der Waals surface area contributed by atoms with Gasteiger partial charge in [0.2, 0.25) is 0 Å². The van der Waals surface area contributed by atoms with Crippen molar-refractivity contribution in [3.8, 4) is 17.2 Å². The lowest BCUT2D eigenvalue weighted by Crippen LogP contribution is -2.41. The van der Waals surface area contributed by atoms with Crippen LogP contribution in [0.25, 0.3) is 0 Å². The summed E-state index contributed by atoms with van der Waals surface area (Å²) >= 11 is 0. The standard InChI is InChI=1S/C19H22BFO4/c1-18(2)19(3,4)25-20(24-18)13-6-11-17(16(21)12-13)23-15-9-7-14(22-5)8-10-15/h6-12H,1-5H3. The third-order valence-corrected chi connectivity index (χ3v) is 4.77. The van der Waals surface area contributed by atoms with E-state index >= 15 is 0 Å². The Bertz CT molecular complexity index is 743. The summed E-state index contributed by atoms with van der Waals surface area (Å²) in [6, 6.07) is 11.7. The quantitative estimate of drug-likeness (QED) is 0.788. The molecule has 25 heavy (non-hydrogen) atoms. The third-order valence-electron chi connectivity index (χ3n) is 4.77. The lowest BCUT2D eigenvalue weighted by Gasteiger charge is -2.32. The van der Waals surface area contributed by atoms with Gasteiger partial charge in [-0.3, -0.25) is 0 Å². The Hall–Kier alpha value is -2.05. The zero-order valence-electron chi connectivity index (χ0n) is 15.1. The van der Waals surface area contributed by atoms with Gasteiger partial charge in [-0.15, -0.1) is 0 Å². The van der Waals surface area contributed by atoms with Crippen LogP contribution in [-0.4, -0.2) is 25.4 Å². The van der Waals surface area contributed by atoms with Gasteiger partial charge in [-0.05, 0) is 69.6 Å². The molecule has 0 bridgehead atoms. The fourth-order valence-electron chi connectivity index (χ4n) is 2.50. The van der Waals surface area contributed by atoms with E-state index in [1.54, 1.807) is 43.5 Å². The molecule has 0 saturated carbocycles. The zero-order chi connectivity index (χ0) is 18.2. The second-order valence-corrected chi connectivity index (χ2v) is 7.06. The summed E-state index contributed by atoms with van der Waals surface area (Å²) in [4.78, 5) is 0. The van der Waals surface area contributed by atoms with Crippen LogP contribution in [0.15, 0.2) is 42.5 Å². The Morgan fingerprint density at radius 2 is 1.44 bits per heavy atom. The van der Waals surface area contributed by atoms with E-state index in [9.17, 15) is 4.39 Å². The molecule has 2 aromatic rings. The van der Waals surface area contributed by atoms with E-state index in [2.05, 4.69) is 0 Å². The van der Waals surface area contributed by atoms with E-state index in [0.29, 0.717) is 17.0 Å². The molecule has 1 fully saturated rings. The van der Waals surface area contributed by atoms with E-state index in [1.807, 2.05) is 27.7 Å². The number of ether oxygens (including phenoxy) is 2. The first kappa shape index (κ1) is 17.8. The summed E-state index contributed by atoms with van der Waals surface area (Å²) < 4.78 is 37.0. The molecule has 2 aromatic carbocycles. The Morgan fingerprint density at radius 1 is 0.880 bits per heavy atom. The molecule has 0 spiro atoms. The molecule has 1 aliphatic heterocycles. The van der Waals surface area contributed by atoms with Crippen molar-refractivity contribution in [2.24, 2.45) is 0 Å². The van der Waals surface area contributed by atoms with Gasteiger partial charge in [0.05, 0.1) is 18.3 Å². The Labute approximate surface area is 148 Å². The molecular formula is C19H22BFO4. The lowest BCUT2D eigenvalue weighted by atomic mass is 9.79. The maximum absolute atomic E-state index is 14.5. The molecule has 0 atom stereocenters. The van der Waals surface area contributed by atoms with Gasteiger partial charge in [-0.25, -0.2) is 4.39 Å². The number of halogens is 1. The smallest absolute Gasteiger partial charge is 0.494 e. The van der Waals surface area contributed by atoms with Crippen molar-refractivity contribution < 1.29 is 23.2 Å². The molecule has 132 valence electrons. The van der Waals surface area contributed by atoms with Crippen LogP contribution < -0.4 is 14.9 Å². The number of benzene rings is 2. The van der Waals surface area contributed by atoms with Gasteiger partial charge in [-0.1, -0.05) is 6.07 Å². The average Bonchev–Trinajstić information content (AvgIpc) is 2.78. The summed E-state index contributed by atoms with van der Waals surface area (Å²) in [5.41, 5.74) is -0.308. The summed E-state index contributed by atoms with van der Waals surface area (Å²) in [5, 5.41) is 0. The molecule has 1 heterocycles. The first-order chi connectivity index (χ1) is 11.7. The first-order valence-corrected chi connectivity index (χ1v) is 8.19. The minimum absolute atomic E-state index is 0.144. The molecule has 1 aliphatic rings. The number of hydrogen-bond donors (Lipinski definition) is 0. The van der Waals surface area contributed by atoms with Crippen LogP contribution in [-0.2, 0) is 9.31 Å². The predicted molar refractivity (Wildman–Crippen MR) is 95.2 cm³/mol. The van der Waals surface area contributed by atoms with Gasteiger partial charge in [0, 0.05) is 0 Å². The SMILES string of the molecule is COc1ccc(Oc2ccc(B3OC(C)(C)C(C)(C)O3)cc2F)cc1. The molecule has 3 rings (SSSR count). The highest BCUT2D eigenvalue weighted by molar-refractivity contribution is 6.62. The van der Waals surface area contributed by atoms with Crippen molar-refractivity contribution in [1.29, 1.82) is 0 Å². The molecule has 4 nitrogen and oxygen atoms in total. The Kier molecular flexibility index (Phi) is 4.52. The largest absolute Gasteiger partial charge is 0.497 e. The molecule has 0 aromatic heterocycles. The van der Waals surface area contributed by atoms with Gasteiger partial charge < -0.3 is 18.8 Å². The second-order valence-electron chi connectivity index (χ2n) is 7.06. The summed E-state index contributed by atoms with van der Waals surface area (Å²) in [6.45, 7) is 7.85. The van der Waals surface area contributed by atoms with Crippen molar-refractivity contribution in [3.63, 3.8) is 0 Å². The van der Waals surface area contributed by atoms with Crippen molar-refractivity contribution in [2.45, 2.75) is 38.9 Å². The maximum atomic E-state index is 14.5. The van der Waals surface area contributed by atoms with Gasteiger partial charge in [0.15, 0.2) is 11.6 Å². The number of methoxy groups -OCH3 is 1.